The second kappa shape index (κ2) is 7.38. The van der Waals surface area contributed by atoms with Crippen molar-refractivity contribution in [3.63, 3.8) is 0 Å². The normalized spacial score (nSPS) is 16.5. The van der Waals surface area contributed by atoms with E-state index in [9.17, 15) is 14.0 Å². The highest BCUT2D eigenvalue weighted by Gasteiger charge is 2.43. The molecule has 30 heavy (non-hydrogen) atoms. The first-order valence-corrected chi connectivity index (χ1v) is 10.7. The zero-order chi connectivity index (χ0) is 20.8. The second-order valence-electron chi connectivity index (χ2n) is 7.19. The molecule has 2 amide bonds. The molecule has 0 radical (unpaired) electrons. The molecule has 0 spiro atoms. The van der Waals surface area contributed by atoms with Gasteiger partial charge in [-0.3, -0.25) is 9.59 Å². The number of nitrogens with zero attached hydrogens (tertiary/aromatic N) is 2. The third-order valence-electron chi connectivity index (χ3n) is 5.44. The van der Waals surface area contributed by atoms with Gasteiger partial charge in [0.2, 0.25) is 0 Å². The second-order valence-corrected chi connectivity index (χ2v) is 8.54. The first-order valence-electron chi connectivity index (χ1n) is 9.48. The maximum Gasteiger partial charge on any atom is 0.282 e. The number of rotatable bonds is 3. The lowest BCUT2D eigenvalue weighted by Gasteiger charge is -2.31. The molecule has 4 nitrogen and oxygen atoms in total. The molecule has 0 N–H and O–H groups in total. The number of benzene rings is 2. The van der Waals surface area contributed by atoms with Crippen LogP contribution < -0.4 is 4.90 Å². The van der Waals surface area contributed by atoms with Crippen LogP contribution in [-0.2, 0) is 22.6 Å². The largest absolute Gasteiger partial charge is 0.362 e. The molecular weight excluding hydrogens is 423 g/mol. The Morgan fingerprint density at radius 2 is 1.77 bits per heavy atom. The van der Waals surface area contributed by atoms with Crippen molar-refractivity contribution in [2.75, 3.05) is 11.4 Å². The van der Waals surface area contributed by atoms with Crippen molar-refractivity contribution in [1.29, 1.82) is 0 Å². The maximum atomic E-state index is 13.7. The lowest BCUT2D eigenvalue weighted by atomic mass is 9.99. The smallest absolute Gasteiger partial charge is 0.282 e. The maximum absolute atomic E-state index is 13.7. The van der Waals surface area contributed by atoms with Gasteiger partial charge in [0.1, 0.15) is 11.5 Å². The lowest BCUT2D eigenvalue weighted by Crippen LogP contribution is -2.37. The monoisotopic (exact) mass is 438 g/mol. The Labute approximate surface area is 181 Å². The van der Waals surface area contributed by atoms with Gasteiger partial charge < -0.3 is 4.90 Å². The van der Waals surface area contributed by atoms with E-state index in [4.69, 9.17) is 11.6 Å². The van der Waals surface area contributed by atoms with E-state index in [1.165, 1.54) is 29.0 Å². The summed E-state index contributed by atoms with van der Waals surface area (Å²) >= 11 is 7.33. The fourth-order valence-electron chi connectivity index (χ4n) is 4.00. The van der Waals surface area contributed by atoms with Crippen LogP contribution in [-0.4, -0.2) is 23.3 Å². The molecule has 0 aliphatic carbocycles. The number of hydrogen-bond donors (Lipinski definition) is 0. The quantitative estimate of drug-likeness (QED) is 0.547. The Kier molecular flexibility index (Phi) is 4.68. The Morgan fingerprint density at radius 1 is 0.967 bits per heavy atom. The van der Waals surface area contributed by atoms with Gasteiger partial charge >= 0.3 is 0 Å². The molecule has 3 heterocycles. The van der Waals surface area contributed by atoms with Crippen molar-refractivity contribution in [2.24, 2.45) is 0 Å². The molecule has 150 valence electrons. The van der Waals surface area contributed by atoms with Crippen LogP contribution in [0.1, 0.15) is 16.0 Å². The van der Waals surface area contributed by atoms with E-state index < -0.39 is 17.6 Å². The van der Waals surface area contributed by atoms with E-state index >= 15 is 0 Å². The third kappa shape index (κ3) is 3.04. The summed E-state index contributed by atoms with van der Waals surface area (Å²) in [6, 6.07) is 15.7. The van der Waals surface area contributed by atoms with Crippen LogP contribution in [0.15, 0.2) is 65.7 Å². The number of thiophene rings is 1. The molecule has 2 aromatic carbocycles. The van der Waals surface area contributed by atoms with Gasteiger partial charge in [-0.15, -0.1) is 11.3 Å². The van der Waals surface area contributed by atoms with E-state index in [0.29, 0.717) is 24.4 Å². The van der Waals surface area contributed by atoms with Crippen LogP contribution in [0.25, 0.3) is 5.57 Å². The average Bonchev–Trinajstić information content (AvgIpc) is 3.36. The Hall–Kier alpha value is -2.96. The topological polar surface area (TPSA) is 40.6 Å². The van der Waals surface area contributed by atoms with Gasteiger partial charge in [0, 0.05) is 18.0 Å². The number of carbonyl (C=O) groups is 2. The van der Waals surface area contributed by atoms with Crippen molar-refractivity contribution in [3.8, 4) is 0 Å². The van der Waals surface area contributed by atoms with E-state index in [1.54, 1.807) is 0 Å². The Morgan fingerprint density at radius 3 is 2.50 bits per heavy atom. The molecule has 0 fully saturated rings. The molecule has 7 heteroatoms. The van der Waals surface area contributed by atoms with Gasteiger partial charge in [0.05, 0.1) is 16.3 Å². The summed E-state index contributed by atoms with van der Waals surface area (Å²) in [4.78, 5) is 30.7. The van der Waals surface area contributed by atoms with Gasteiger partial charge in [-0.25, -0.2) is 9.29 Å². The number of anilines is 1. The van der Waals surface area contributed by atoms with E-state index in [2.05, 4.69) is 6.07 Å². The van der Waals surface area contributed by atoms with Crippen LogP contribution in [0.2, 0.25) is 5.02 Å². The first kappa shape index (κ1) is 19.0. The van der Waals surface area contributed by atoms with Crippen LogP contribution in [0.5, 0.6) is 0 Å². The summed E-state index contributed by atoms with van der Waals surface area (Å²) in [6.07, 6.45) is 0.793. The summed E-state index contributed by atoms with van der Waals surface area (Å²) < 4.78 is 13.7. The molecule has 1 aromatic heterocycles. The number of amides is 2. The zero-order valence-electron chi connectivity index (χ0n) is 15.8. The van der Waals surface area contributed by atoms with Crippen molar-refractivity contribution < 1.29 is 14.0 Å². The Bertz CT molecular complexity index is 1210. The minimum Gasteiger partial charge on any atom is -0.362 e. The highest BCUT2D eigenvalue weighted by Crippen LogP contribution is 2.38. The molecule has 0 unspecified atom stereocenters. The molecule has 0 atom stereocenters. The zero-order valence-corrected chi connectivity index (χ0v) is 17.3. The first-order chi connectivity index (χ1) is 14.5. The summed E-state index contributed by atoms with van der Waals surface area (Å²) in [6.45, 7) is 1.19. The highest BCUT2D eigenvalue weighted by atomic mass is 35.5. The van der Waals surface area contributed by atoms with Crippen molar-refractivity contribution >= 4 is 46.0 Å². The molecule has 2 aliphatic rings. The molecule has 2 aliphatic heterocycles. The van der Waals surface area contributed by atoms with Crippen molar-refractivity contribution in [2.45, 2.75) is 13.0 Å². The molecule has 0 saturated heterocycles. The minimum atomic E-state index is -0.598. The third-order valence-corrected chi connectivity index (χ3v) is 6.61. The summed E-state index contributed by atoms with van der Waals surface area (Å²) in [5.41, 5.74) is 3.43. The SMILES string of the molecule is O=C1C(c2cccs2)=C(N2CCc3ccccc3C2)C(=O)N1c1ccc(F)c(Cl)c1. The van der Waals surface area contributed by atoms with Crippen LogP contribution in [0, 0.1) is 5.82 Å². The standard InChI is InChI=1S/C23H16ClFN2O2S/c24-17-12-16(7-8-18(17)25)27-22(28)20(19-6-3-11-30-19)21(23(27)29)26-10-9-14-4-1-2-5-15(14)13-26/h1-8,11-12H,9-10,13H2. The molecule has 5 rings (SSSR count). The number of hydrogen-bond acceptors (Lipinski definition) is 4. The summed E-state index contributed by atoms with van der Waals surface area (Å²) in [5.74, 6) is -1.43. The van der Waals surface area contributed by atoms with Crippen LogP contribution in [0.4, 0.5) is 10.1 Å². The van der Waals surface area contributed by atoms with Crippen molar-refractivity contribution in [1.82, 2.24) is 4.90 Å². The van der Waals surface area contributed by atoms with E-state index in [-0.39, 0.29) is 10.7 Å². The average molecular weight is 439 g/mol. The fraction of sp³-hybridized carbons (Fsp3) is 0.130. The van der Waals surface area contributed by atoms with Gasteiger partial charge in [0.25, 0.3) is 11.8 Å². The van der Waals surface area contributed by atoms with E-state index in [0.717, 1.165) is 27.8 Å². The van der Waals surface area contributed by atoms with Gasteiger partial charge in [-0.05, 0) is 47.2 Å². The fourth-order valence-corrected chi connectivity index (χ4v) is 4.94. The molecule has 0 bridgehead atoms. The molecular formula is C23H16ClFN2O2S. The molecule has 0 saturated carbocycles. The summed E-state index contributed by atoms with van der Waals surface area (Å²) in [5, 5.41) is 1.74. The minimum absolute atomic E-state index is 0.133. The van der Waals surface area contributed by atoms with Gasteiger partial charge in [-0.1, -0.05) is 41.9 Å². The van der Waals surface area contributed by atoms with E-state index in [1.807, 2.05) is 40.6 Å². The van der Waals surface area contributed by atoms with Gasteiger partial charge in [0.15, 0.2) is 0 Å². The predicted octanol–water partition coefficient (Wildman–Crippen LogP) is 4.88. The van der Waals surface area contributed by atoms with Crippen LogP contribution >= 0.6 is 22.9 Å². The highest BCUT2D eigenvalue weighted by molar-refractivity contribution is 7.11. The molecule has 3 aromatic rings. The lowest BCUT2D eigenvalue weighted by molar-refractivity contribution is -0.120. The Balaban J connectivity index is 1.60. The number of imide groups is 1. The van der Waals surface area contributed by atoms with Gasteiger partial charge in [-0.2, -0.15) is 0 Å². The van der Waals surface area contributed by atoms with Crippen LogP contribution in [0.3, 0.4) is 0 Å². The number of fused-ring (bicyclic) bond motifs is 1. The predicted molar refractivity (Wildman–Crippen MR) is 116 cm³/mol. The van der Waals surface area contributed by atoms with Crippen molar-refractivity contribution in [3.05, 3.63) is 92.5 Å². The summed E-state index contributed by atoms with van der Waals surface area (Å²) in [7, 11) is 0. The number of carbonyl (C=O) groups excluding carboxylic acids is 2. The number of halogens is 2.